The molecule has 1 saturated carbocycles. The van der Waals surface area contributed by atoms with Gasteiger partial charge < -0.3 is 5.32 Å². The van der Waals surface area contributed by atoms with Crippen molar-refractivity contribution in [2.75, 3.05) is 6.54 Å². The smallest absolute Gasteiger partial charge is 0.0794 e. The van der Waals surface area contributed by atoms with Gasteiger partial charge in [-0.05, 0) is 18.3 Å². The zero-order chi connectivity index (χ0) is 9.86. The van der Waals surface area contributed by atoms with Crippen LogP contribution in [0.25, 0.3) is 0 Å². The van der Waals surface area contributed by atoms with Crippen LogP contribution in [0.5, 0.6) is 0 Å². The number of nitrogens with zero attached hydrogens (tertiary/aromatic N) is 2. The van der Waals surface area contributed by atoms with Crippen molar-refractivity contribution in [2.24, 2.45) is 5.41 Å². The molecule has 1 N–H and O–H groups in total. The number of hydrogen-bond donors (Lipinski definition) is 1. The standard InChI is InChI=1S/C10H13N3S/c11-4-3-10(1-2-10)7-12-5-9-6-13-8-14-9/h6,8,12H,1-3,5,7H2. The van der Waals surface area contributed by atoms with E-state index in [9.17, 15) is 0 Å². The predicted octanol–water partition coefficient (Wildman–Crippen LogP) is 1.93. The molecule has 0 bridgehead atoms. The monoisotopic (exact) mass is 207 g/mol. The van der Waals surface area contributed by atoms with Crippen LogP contribution in [0.1, 0.15) is 24.1 Å². The highest BCUT2D eigenvalue weighted by Crippen LogP contribution is 2.47. The highest BCUT2D eigenvalue weighted by molar-refractivity contribution is 7.09. The summed E-state index contributed by atoms with van der Waals surface area (Å²) in [7, 11) is 0. The largest absolute Gasteiger partial charge is 0.311 e. The summed E-state index contributed by atoms with van der Waals surface area (Å²) in [6, 6.07) is 2.26. The summed E-state index contributed by atoms with van der Waals surface area (Å²) in [4.78, 5) is 5.28. The summed E-state index contributed by atoms with van der Waals surface area (Å²) >= 11 is 1.67. The fourth-order valence-corrected chi connectivity index (χ4v) is 2.11. The Morgan fingerprint density at radius 2 is 2.50 bits per heavy atom. The van der Waals surface area contributed by atoms with E-state index in [1.54, 1.807) is 11.3 Å². The maximum Gasteiger partial charge on any atom is 0.0794 e. The molecule has 0 saturated heterocycles. The molecule has 0 aromatic carbocycles. The van der Waals surface area contributed by atoms with Gasteiger partial charge in [0.25, 0.3) is 0 Å². The number of nitriles is 1. The van der Waals surface area contributed by atoms with E-state index in [1.165, 1.54) is 17.7 Å². The van der Waals surface area contributed by atoms with Crippen molar-refractivity contribution in [1.82, 2.24) is 10.3 Å². The molecule has 0 radical (unpaired) electrons. The van der Waals surface area contributed by atoms with E-state index in [2.05, 4.69) is 16.4 Å². The number of rotatable bonds is 5. The van der Waals surface area contributed by atoms with Gasteiger partial charge in [-0.15, -0.1) is 11.3 Å². The average Bonchev–Trinajstić information content (AvgIpc) is 2.75. The summed E-state index contributed by atoms with van der Waals surface area (Å²) in [5, 5.41) is 12.0. The van der Waals surface area contributed by atoms with E-state index in [4.69, 9.17) is 5.26 Å². The Bertz CT molecular complexity index is 322. The molecule has 0 spiro atoms. The van der Waals surface area contributed by atoms with Crippen LogP contribution in [0, 0.1) is 16.7 Å². The van der Waals surface area contributed by atoms with Crippen LogP contribution in [0.3, 0.4) is 0 Å². The third-order valence-corrected chi connectivity index (χ3v) is 3.47. The normalized spacial score (nSPS) is 17.6. The number of nitrogens with one attached hydrogen (secondary N) is 1. The second kappa shape index (κ2) is 4.07. The third-order valence-electron chi connectivity index (χ3n) is 2.69. The number of hydrogen-bond acceptors (Lipinski definition) is 4. The number of aromatic nitrogens is 1. The van der Waals surface area contributed by atoms with Gasteiger partial charge >= 0.3 is 0 Å². The lowest BCUT2D eigenvalue weighted by molar-refractivity contribution is 0.468. The molecule has 4 heteroatoms. The zero-order valence-corrected chi connectivity index (χ0v) is 8.81. The molecule has 1 aliphatic carbocycles. The molecule has 1 aromatic heterocycles. The summed E-state index contributed by atoms with van der Waals surface area (Å²) in [5.41, 5.74) is 2.15. The minimum atomic E-state index is 0.305. The molecule has 0 unspecified atom stereocenters. The van der Waals surface area contributed by atoms with Crippen molar-refractivity contribution >= 4 is 11.3 Å². The topological polar surface area (TPSA) is 48.7 Å². The number of thiazole rings is 1. The fourth-order valence-electron chi connectivity index (χ4n) is 1.54. The van der Waals surface area contributed by atoms with Gasteiger partial charge in [-0.3, -0.25) is 4.98 Å². The highest BCUT2D eigenvalue weighted by Gasteiger charge is 2.41. The quantitative estimate of drug-likeness (QED) is 0.802. The SMILES string of the molecule is N#CCC1(CNCc2cncs2)CC1. The molecule has 1 aromatic rings. The lowest BCUT2D eigenvalue weighted by Gasteiger charge is -2.10. The van der Waals surface area contributed by atoms with Crippen molar-refractivity contribution in [3.63, 3.8) is 0 Å². The first-order valence-electron chi connectivity index (χ1n) is 4.80. The van der Waals surface area contributed by atoms with Crippen LogP contribution in [0.15, 0.2) is 11.7 Å². The molecule has 1 heterocycles. The van der Waals surface area contributed by atoms with Crippen molar-refractivity contribution in [1.29, 1.82) is 5.26 Å². The van der Waals surface area contributed by atoms with Gasteiger partial charge in [-0.2, -0.15) is 5.26 Å². The molecule has 0 atom stereocenters. The van der Waals surface area contributed by atoms with Gasteiger partial charge in [0.05, 0.1) is 11.6 Å². The Morgan fingerprint density at radius 3 is 3.07 bits per heavy atom. The highest BCUT2D eigenvalue weighted by atomic mass is 32.1. The van der Waals surface area contributed by atoms with E-state index in [0.717, 1.165) is 13.1 Å². The fraction of sp³-hybridized carbons (Fsp3) is 0.600. The molecule has 2 rings (SSSR count). The van der Waals surface area contributed by atoms with Crippen molar-refractivity contribution in [3.05, 3.63) is 16.6 Å². The molecule has 74 valence electrons. The van der Waals surface area contributed by atoms with E-state index in [1.807, 2.05) is 11.7 Å². The van der Waals surface area contributed by atoms with Crippen molar-refractivity contribution in [3.8, 4) is 6.07 Å². The van der Waals surface area contributed by atoms with Gasteiger partial charge in [0.15, 0.2) is 0 Å². The van der Waals surface area contributed by atoms with E-state index >= 15 is 0 Å². The van der Waals surface area contributed by atoms with Crippen LogP contribution in [0.2, 0.25) is 0 Å². The Kier molecular flexibility index (Phi) is 2.80. The molecule has 14 heavy (non-hydrogen) atoms. The van der Waals surface area contributed by atoms with Crippen LogP contribution in [-0.4, -0.2) is 11.5 Å². The third kappa shape index (κ3) is 2.31. The van der Waals surface area contributed by atoms with Crippen LogP contribution < -0.4 is 5.32 Å². The Balaban J connectivity index is 1.71. The van der Waals surface area contributed by atoms with E-state index in [-0.39, 0.29) is 0 Å². The predicted molar refractivity (Wildman–Crippen MR) is 55.7 cm³/mol. The first-order chi connectivity index (χ1) is 6.85. The Morgan fingerprint density at radius 1 is 1.64 bits per heavy atom. The molecule has 1 aliphatic rings. The summed E-state index contributed by atoms with van der Waals surface area (Å²) < 4.78 is 0. The van der Waals surface area contributed by atoms with Gasteiger partial charge in [0, 0.05) is 30.6 Å². The van der Waals surface area contributed by atoms with Gasteiger partial charge in [0.1, 0.15) is 0 Å². The zero-order valence-electron chi connectivity index (χ0n) is 7.99. The van der Waals surface area contributed by atoms with Crippen molar-refractivity contribution in [2.45, 2.75) is 25.8 Å². The van der Waals surface area contributed by atoms with Crippen LogP contribution in [0.4, 0.5) is 0 Å². The molecule has 0 aliphatic heterocycles. The maximum absolute atomic E-state index is 8.64. The molecular formula is C10H13N3S. The molecular weight excluding hydrogens is 194 g/mol. The second-order valence-corrected chi connectivity index (χ2v) is 4.88. The van der Waals surface area contributed by atoms with E-state index < -0.39 is 0 Å². The van der Waals surface area contributed by atoms with Crippen LogP contribution in [-0.2, 0) is 6.54 Å². The maximum atomic E-state index is 8.64. The lowest BCUT2D eigenvalue weighted by Crippen LogP contribution is -2.22. The minimum Gasteiger partial charge on any atom is -0.311 e. The molecule has 1 fully saturated rings. The van der Waals surface area contributed by atoms with E-state index in [0.29, 0.717) is 11.8 Å². The minimum absolute atomic E-state index is 0.305. The summed E-state index contributed by atoms with van der Waals surface area (Å²) in [6.45, 7) is 1.86. The molecule has 0 amide bonds. The van der Waals surface area contributed by atoms with Gasteiger partial charge in [0.2, 0.25) is 0 Å². The Hall–Kier alpha value is -0.920. The first kappa shape index (κ1) is 9.63. The van der Waals surface area contributed by atoms with Crippen molar-refractivity contribution < 1.29 is 0 Å². The first-order valence-corrected chi connectivity index (χ1v) is 5.68. The summed E-state index contributed by atoms with van der Waals surface area (Å²) in [6.07, 6.45) is 5.00. The van der Waals surface area contributed by atoms with Crippen LogP contribution >= 0.6 is 11.3 Å². The average molecular weight is 207 g/mol. The lowest BCUT2D eigenvalue weighted by atomic mass is 10.0. The second-order valence-electron chi connectivity index (χ2n) is 3.91. The molecule has 3 nitrogen and oxygen atoms in total. The van der Waals surface area contributed by atoms with Gasteiger partial charge in [-0.1, -0.05) is 0 Å². The Labute approximate surface area is 87.8 Å². The summed E-state index contributed by atoms with van der Waals surface area (Å²) in [5.74, 6) is 0. The van der Waals surface area contributed by atoms with Gasteiger partial charge in [-0.25, -0.2) is 0 Å².